The van der Waals surface area contributed by atoms with Crippen molar-refractivity contribution >= 4 is 5.91 Å². The van der Waals surface area contributed by atoms with Crippen LogP contribution in [0, 0.1) is 27.7 Å². The maximum atomic E-state index is 12.6. The Morgan fingerprint density at radius 3 is 2.40 bits per heavy atom. The van der Waals surface area contributed by atoms with Crippen LogP contribution < -0.4 is 0 Å². The molecule has 1 fully saturated rings. The summed E-state index contributed by atoms with van der Waals surface area (Å²) in [6, 6.07) is 8.65. The van der Waals surface area contributed by atoms with Gasteiger partial charge < -0.3 is 4.90 Å². The Balaban J connectivity index is 1.53. The van der Waals surface area contributed by atoms with Crippen molar-refractivity contribution in [1.29, 1.82) is 0 Å². The molecule has 1 aliphatic heterocycles. The maximum Gasteiger partial charge on any atom is 0.244 e. The summed E-state index contributed by atoms with van der Waals surface area (Å²) in [6.07, 6.45) is 0. The van der Waals surface area contributed by atoms with Gasteiger partial charge in [-0.15, -0.1) is 0 Å². The van der Waals surface area contributed by atoms with Crippen LogP contribution in [0.5, 0.6) is 0 Å². The maximum absolute atomic E-state index is 12.6. The largest absolute Gasteiger partial charge is 0.339 e. The molecule has 25 heavy (non-hydrogen) atoms. The van der Waals surface area contributed by atoms with Crippen LogP contribution in [0.25, 0.3) is 0 Å². The molecule has 2 heterocycles. The minimum atomic E-state index is 0.167. The van der Waals surface area contributed by atoms with Gasteiger partial charge in [0, 0.05) is 38.4 Å². The van der Waals surface area contributed by atoms with Crippen LogP contribution >= 0.6 is 0 Å². The number of amides is 1. The fourth-order valence-corrected chi connectivity index (χ4v) is 3.39. The molecule has 1 aliphatic rings. The first-order valence-electron chi connectivity index (χ1n) is 9.00. The number of carbonyl (C=O) groups is 1. The molecule has 0 N–H and O–H groups in total. The van der Waals surface area contributed by atoms with Gasteiger partial charge in [0.25, 0.3) is 0 Å². The average Bonchev–Trinajstić information content (AvgIpc) is 2.82. The highest BCUT2D eigenvalue weighted by Gasteiger charge is 2.22. The van der Waals surface area contributed by atoms with Crippen LogP contribution in [0.3, 0.4) is 0 Å². The first-order valence-corrected chi connectivity index (χ1v) is 9.00. The summed E-state index contributed by atoms with van der Waals surface area (Å²) in [7, 11) is 0. The predicted octanol–water partition coefficient (Wildman–Crippen LogP) is 2.46. The number of carbonyl (C=O) groups excluding carboxylic acids is 1. The molecule has 1 amide bonds. The van der Waals surface area contributed by atoms with E-state index in [0.717, 1.165) is 44.1 Å². The van der Waals surface area contributed by atoms with Gasteiger partial charge in [0.15, 0.2) is 0 Å². The molecule has 5 nitrogen and oxygen atoms in total. The Kier molecular flexibility index (Phi) is 5.23. The molecule has 1 saturated heterocycles. The molecular weight excluding hydrogens is 312 g/mol. The van der Waals surface area contributed by atoms with Crippen molar-refractivity contribution in [3.8, 4) is 0 Å². The van der Waals surface area contributed by atoms with Gasteiger partial charge in [0.1, 0.15) is 6.54 Å². The fourth-order valence-electron chi connectivity index (χ4n) is 3.39. The van der Waals surface area contributed by atoms with Crippen molar-refractivity contribution in [2.24, 2.45) is 0 Å². The number of benzene rings is 1. The Labute approximate surface area is 150 Å². The second-order valence-electron chi connectivity index (χ2n) is 7.10. The van der Waals surface area contributed by atoms with Gasteiger partial charge in [0.2, 0.25) is 5.91 Å². The van der Waals surface area contributed by atoms with E-state index >= 15 is 0 Å². The molecule has 0 unspecified atom stereocenters. The lowest BCUT2D eigenvalue weighted by Gasteiger charge is -2.34. The molecule has 0 saturated carbocycles. The van der Waals surface area contributed by atoms with E-state index in [-0.39, 0.29) is 5.91 Å². The fraction of sp³-hybridized carbons (Fsp3) is 0.500. The molecule has 0 bridgehead atoms. The SMILES string of the molecule is Cc1cccc(CN2CCN(C(=O)Cn3nc(C)c(C)c3C)CC2)c1. The molecule has 2 aromatic rings. The van der Waals surface area contributed by atoms with E-state index in [0.29, 0.717) is 6.54 Å². The zero-order chi connectivity index (χ0) is 18.0. The molecule has 3 rings (SSSR count). The third kappa shape index (κ3) is 4.10. The van der Waals surface area contributed by atoms with Gasteiger partial charge in [0.05, 0.1) is 5.69 Å². The molecule has 0 aliphatic carbocycles. The van der Waals surface area contributed by atoms with Crippen LogP contribution in [0.2, 0.25) is 0 Å². The van der Waals surface area contributed by atoms with Gasteiger partial charge in [-0.2, -0.15) is 5.10 Å². The highest BCUT2D eigenvalue weighted by molar-refractivity contribution is 5.76. The van der Waals surface area contributed by atoms with Crippen molar-refractivity contribution in [3.05, 3.63) is 52.3 Å². The third-order valence-corrected chi connectivity index (χ3v) is 5.24. The molecule has 1 aromatic carbocycles. The van der Waals surface area contributed by atoms with Gasteiger partial charge in [-0.1, -0.05) is 29.8 Å². The number of rotatable bonds is 4. The van der Waals surface area contributed by atoms with E-state index in [4.69, 9.17) is 0 Å². The van der Waals surface area contributed by atoms with E-state index in [1.54, 1.807) is 0 Å². The van der Waals surface area contributed by atoms with Gasteiger partial charge >= 0.3 is 0 Å². The quantitative estimate of drug-likeness (QED) is 0.858. The van der Waals surface area contributed by atoms with Crippen molar-refractivity contribution in [2.45, 2.75) is 40.8 Å². The monoisotopic (exact) mass is 340 g/mol. The highest BCUT2D eigenvalue weighted by atomic mass is 16.2. The lowest BCUT2D eigenvalue weighted by Crippen LogP contribution is -2.49. The van der Waals surface area contributed by atoms with Crippen molar-refractivity contribution in [1.82, 2.24) is 19.6 Å². The summed E-state index contributed by atoms with van der Waals surface area (Å²) >= 11 is 0. The van der Waals surface area contributed by atoms with Crippen LogP contribution in [0.4, 0.5) is 0 Å². The standard InChI is InChI=1S/C20H28N4O/c1-15-6-5-7-19(12-15)13-22-8-10-23(11-9-22)20(25)14-24-18(4)16(2)17(3)21-24/h5-7,12H,8-11,13-14H2,1-4H3. The molecule has 5 heteroatoms. The van der Waals surface area contributed by atoms with Crippen LogP contribution in [-0.2, 0) is 17.9 Å². The first kappa shape index (κ1) is 17.7. The van der Waals surface area contributed by atoms with Gasteiger partial charge in [-0.05, 0) is 38.8 Å². The van der Waals surface area contributed by atoms with E-state index in [1.165, 1.54) is 16.7 Å². The topological polar surface area (TPSA) is 41.4 Å². The Hall–Kier alpha value is -2.14. The third-order valence-electron chi connectivity index (χ3n) is 5.24. The summed E-state index contributed by atoms with van der Waals surface area (Å²) in [5.74, 6) is 0.167. The number of hydrogen-bond donors (Lipinski definition) is 0. The lowest BCUT2D eigenvalue weighted by atomic mass is 10.1. The Morgan fingerprint density at radius 2 is 1.80 bits per heavy atom. The molecule has 134 valence electrons. The minimum Gasteiger partial charge on any atom is -0.339 e. The van der Waals surface area contributed by atoms with Crippen molar-refractivity contribution < 1.29 is 4.79 Å². The van der Waals surface area contributed by atoms with E-state index < -0.39 is 0 Å². The smallest absolute Gasteiger partial charge is 0.244 e. The minimum absolute atomic E-state index is 0.167. The number of nitrogens with zero attached hydrogens (tertiary/aromatic N) is 4. The average molecular weight is 340 g/mol. The summed E-state index contributed by atoms with van der Waals surface area (Å²) in [4.78, 5) is 17.0. The highest BCUT2D eigenvalue weighted by Crippen LogP contribution is 2.13. The molecule has 0 spiro atoms. The zero-order valence-corrected chi connectivity index (χ0v) is 15.7. The van der Waals surface area contributed by atoms with Gasteiger partial charge in [-0.25, -0.2) is 0 Å². The number of aromatic nitrogens is 2. The van der Waals surface area contributed by atoms with Crippen LogP contribution in [-0.4, -0.2) is 51.7 Å². The summed E-state index contributed by atoms with van der Waals surface area (Å²) in [5.41, 5.74) is 5.91. The van der Waals surface area contributed by atoms with Crippen LogP contribution in [0.1, 0.15) is 28.1 Å². The molecule has 0 atom stereocenters. The van der Waals surface area contributed by atoms with E-state index in [2.05, 4.69) is 48.1 Å². The van der Waals surface area contributed by atoms with Crippen molar-refractivity contribution in [2.75, 3.05) is 26.2 Å². The molecule has 1 aromatic heterocycles. The Bertz CT molecular complexity index is 757. The van der Waals surface area contributed by atoms with Crippen LogP contribution in [0.15, 0.2) is 24.3 Å². The van der Waals surface area contributed by atoms with Gasteiger partial charge in [-0.3, -0.25) is 14.4 Å². The first-order chi connectivity index (χ1) is 11.9. The predicted molar refractivity (Wildman–Crippen MR) is 99.5 cm³/mol. The summed E-state index contributed by atoms with van der Waals surface area (Å²) in [6.45, 7) is 13.0. The second-order valence-corrected chi connectivity index (χ2v) is 7.10. The summed E-state index contributed by atoms with van der Waals surface area (Å²) < 4.78 is 1.84. The van der Waals surface area contributed by atoms with E-state index in [9.17, 15) is 4.79 Å². The number of aryl methyl sites for hydroxylation is 2. The lowest BCUT2D eigenvalue weighted by molar-refractivity contribution is -0.133. The van der Waals surface area contributed by atoms with Crippen molar-refractivity contribution in [3.63, 3.8) is 0 Å². The normalized spacial score (nSPS) is 15.6. The molecular formula is C20H28N4O. The zero-order valence-electron chi connectivity index (χ0n) is 15.7. The number of hydrogen-bond acceptors (Lipinski definition) is 3. The van der Waals surface area contributed by atoms with E-state index in [1.807, 2.05) is 23.4 Å². The number of piperazine rings is 1. The second kappa shape index (κ2) is 7.40. The molecule has 0 radical (unpaired) electrons. The Morgan fingerprint density at radius 1 is 1.08 bits per heavy atom. The summed E-state index contributed by atoms with van der Waals surface area (Å²) in [5, 5.41) is 4.48.